The fourth-order valence-electron chi connectivity index (χ4n) is 5.06. The summed E-state index contributed by atoms with van der Waals surface area (Å²) in [6.45, 7) is 0. The number of rotatable bonds is 5. The average Bonchev–Trinajstić information content (AvgIpc) is 3.43. The van der Waals surface area contributed by atoms with E-state index in [1.54, 1.807) is 12.1 Å². The molecule has 0 radical (unpaired) electrons. The smallest absolute Gasteiger partial charge is 0.270 e. The Bertz CT molecular complexity index is 984. The standard InChI is InChI=1S/C24H22N2O3/c27-22(19-9-5-4-8-16(19)11-10-15-6-2-1-3-7-15)25-26-23(28)20-17-12-13-18(14-17)21(20)24(26)29/h1-9,12-13,17-18,20-21H,10-11,14H2,(H,25,27). The van der Waals surface area contributed by atoms with Gasteiger partial charge in [-0.3, -0.25) is 19.8 Å². The van der Waals surface area contributed by atoms with Crippen LogP contribution < -0.4 is 5.43 Å². The summed E-state index contributed by atoms with van der Waals surface area (Å²) in [4.78, 5) is 38.6. The van der Waals surface area contributed by atoms with Gasteiger partial charge in [-0.2, -0.15) is 5.01 Å². The molecule has 3 aliphatic rings. The van der Waals surface area contributed by atoms with Gasteiger partial charge in [0.1, 0.15) is 0 Å². The van der Waals surface area contributed by atoms with Crippen molar-refractivity contribution in [2.75, 3.05) is 0 Å². The Kier molecular flexibility index (Phi) is 4.31. The number of hydrogen-bond donors (Lipinski definition) is 1. The summed E-state index contributed by atoms with van der Waals surface area (Å²) in [6.07, 6.45) is 6.47. The van der Waals surface area contributed by atoms with Crippen LogP contribution in [-0.2, 0) is 22.4 Å². The Morgan fingerprint density at radius 3 is 2.17 bits per heavy atom. The molecule has 0 aromatic heterocycles. The molecule has 146 valence electrons. The van der Waals surface area contributed by atoms with E-state index in [0.29, 0.717) is 12.0 Å². The van der Waals surface area contributed by atoms with E-state index in [9.17, 15) is 14.4 Å². The molecule has 1 saturated heterocycles. The van der Waals surface area contributed by atoms with Crippen LogP contribution >= 0.6 is 0 Å². The number of aryl methyl sites for hydroxylation is 2. The zero-order valence-electron chi connectivity index (χ0n) is 16.0. The van der Waals surface area contributed by atoms with Crippen LogP contribution in [0.4, 0.5) is 0 Å². The highest BCUT2D eigenvalue weighted by Gasteiger charge is 2.59. The Balaban J connectivity index is 1.32. The third kappa shape index (κ3) is 2.97. The van der Waals surface area contributed by atoms with Gasteiger partial charge in [-0.15, -0.1) is 0 Å². The van der Waals surface area contributed by atoms with Gasteiger partial charge in [0.15, 0.2) is 0 Å². The largest absolute Gasteiger partial charge is 0.272 e. The molecule has 5 rings (SSSR count). The maximum Gasteiger partial charge on any atom is 0.270 e. The minimum absolute atomic E-state index is 0.126. The highest BCUT2D eigenvalue weighted by Crippen LogP contribution is 2.52. The van der Waals surface area contributed by atoms with E-state index >= 15 is 0 Å². The molecule has 2 aromatic rings. The van der Waals surface area contributed by atoms with Crippen molar-refractivity contribution in [1.82, 2.24) is 10.4 Å². The van der Waals surface area contributed by atoms with Crippen LogP contribution in [0.5, 0.6) is 0 Å². The molecule has 2 aliphatic carbocycles. The summed E-state index contributed by atoms with van der Waals surface area (Å²) >= 11 is 0. The van der Waals surface area contributed by atoms with Gasteiger partial charge >= 0.3 is 0 Å². The van der Waals surface area contributed by atoms with Crippen LogP contribution in [0.3, 0.4) is 0 Å². The number of fused-ring (bicyclic) bond motifs is 5. The minimum atomic E-state index is -0.407. The van der Waals surface area contributed by atoms with Gasteiger partial charge in [0.05, 0.1) is 11.8 Å². The molecule has 2 fully saturated rings. The number of allylic oxidation sites excluding steroid dienone is 2. The van der Waals surface area contributed by atoms with Crippen molar-refractivity contribution in [3.8, 4) is 0 Å². The Morgan fingerprint density at radius 2 is 1.48 bits per heavy atom. The first-order chi connectivity index (χ1) is 14.1. The van der Waals surface area contributed by atoms with Gasteiger partial charge < -0.3 is 0 Å². The Labute approximate surface area is 169 Å². The molecular weight excluding hydrogens is 364 g/mol. The summed E-state index contributed by atoms with van der Waals surface area (Å²) in [6, 6.07) is 17.5. The summed E-state index contributed by atoms with van der Waals surface area (Å²) in [7, 11) is 0. The molecule has 3 amide bonds. The van der Waals surface area contributed by atoms with Gasteiger partial charge in [0.2, 0.25) is 0 Å². The molecule has 5 heteroatoms. The number of hydrazine groups is 1. The van der Waals surface area contributed by atoms with E-state index in [4.69, 9.17) is 0 Å². The maximum atomic E-state index is 12.9. The van der Waals surface area contributed by atoms with Crippen LogP contribution in [-0.4, -0.2) is 22.7 Å². The zero-order valence-corrected chi connectivity index (χ0v) is 16.0. The number of imide groups is 1. The number of carbonyl (C=O) groups excluding carboxylic acids is 3. The molecule has 29 heavy (non-hydrogen) atoms. The maximum absolute atomic E-state index is 12.9. The molecule has 1 aliphatic heterocycles. The molecule has 1 N–H and O–H groups in total. The van der Waals surface area contributed by atoms with Crippen molar-refractivity contribution < 1.29 is 14.4 Å². The van der Waals surface area contributed by atoms with E-state index in [0.717, 1.165) is 23.4 Å². The second-order valence-corrected chi connectivity index (χ2v) is 8.10. The first-order valence-corrected chi connectivity index (χ1v) is 10.1. The lowest BCUT2D eigenvalue weighted by Crippen LogP contribution is -2.47. The van der Waals surface area contributed by atoms with Gasteiger partial charge in [0, 0.05) is 5.56 Å². The summed E-state index contributed by atoms with van der Waals surface area (Å²) in [5.41, 5.74) is 5.20. The van der Waals surface area contributed by atoms with Crippen molar-refractivity contribution in [3.63, 3.8) is 0 Å². The summed E-state index contributed by atoms with van der Waals surface area (Å²) in [5, 5.41) is 0.970. The van der Waals surface area contributed by atoms with E-state index < -0.39 is 5.91 Å². The van der Waals surface area contributed by atoms with E-state index in [2.05, 4.69) is 17.6 Å². The first-order valence-electron chi connectivity index (χ1n) is 10.1. The third-order valence-electron chi connectivity index (χ3n) is 6.47. The number of nitrogens with zero attached hydrogens (tertiary/aromatic N) is 1. The lowest BCUT2D eigenvalue weighted by Gasteiger charge is -2.19. The van der Waals surface area contributed by atoms with Crippen LogP contribution in [0.2, 0.25) is 0 Å². The third-order valence-corrected chi connectivity index (χ3v) is 6.47. The number of benzene rings is 2. The van der Waals surface area contributed by atoms with Gasteiger partial charge in [-0.25, -0.2) is 0 Å². The summed E-state index contributed by atoms with van der Waals surface area (Å²) < 4.78 is 0. The predicted octanol–water partition coefficient (Wildman–Crippen LogP) is 2.92. The van der Waals surface area contributed by atoms with Crippen molar-refractivity contribution >= 4 is 17.7 Å². The predicted molar refractivity (Wildman–Crippen MR) is 107 cm³/mol. The monoisotopic (exact) mass is 386 g/mol. The molecular formula is C24H22N2O3. The number of carbonyl (C=O) groups is 3. The van der Waals surface area contributed by atoms with Crippen LogP contribution in [0, 0.1) is 23.7 Å². The quantitative estimate of drug-likeness (QED) is 0.635. The number of amides is 3. The van der Waals surface area contributed by atoms with E-state index in [-0.39, 0.29) is 35.5 Å². The lowest BCUT2D eigenvalue weighted by molar-refractivity contribution is -0.143. The van der Waals surface area contributed by atoms with Crippen LogP contribution in [0.1, 0.15) is 27.9 Å². The second kappa shape index (κ2) is 6.99. The van der Waals surface area contributed by atoms with Crippen molar-refractivity contribution in [3.05, 3.63) is 83.4 Å². The first kappa shape index (κ1) is 17.9. The fraction of sp³-hybridized carbons (Fsp3) is 0.292. The normalized spacial score (nSPS) is 26.8. The second-order valence-electron chi connectivity index (χ2n) is 8.10. The van der Waals surface area contributed by atoms with Gasteiger partial charge in [-0.1, -0.05) is 60.7 Å². The van der Waals surface area contributed by atoms with Crippen LogP contribution in [0.15, 0.2) is 66.7 Å². The van der Waals surface area contributed by atoms with Crippen molar-refractivity contribution in [2.24, 2.45) is 23.7 Å². The molecule has 4 atom stereocenters. The molecule has 2 bridgehead atoms. The SMILES string of the molecule is O=C(NN1C(=O)C2C3C=CC(C3)C2C1=O)c1ccccc1CCc1ccccc1. The van der Waals surface area contributed by atoms with E-state index in [1.165, 1.54) is 5.56 Å². The van der Waals surface area contributed by atoms with Crippen LogP contribution in [0.25, 0.3) is 0 Å². The van der Waals surface area contributed by atoms with E-state index in [1.807, 2.05) is 42.5 Å². The fourth-order valence-corrected chi connectivity index (χ4v) is 5.06. The number of hydrogen-bond acceptors (Lipinski definition) is 3. The molecule has 4 unspecified atom stereocenters. The average molecular weight is 386 g/mol. The molecule has 1 heterocycles. The molecule has 5 nitrogen and oxygen atoms in total. The van der Waals surface area contributed by atoms with Crippen molar-refractivity contribution in [2.45, 2.75) is 19.3 Å². The highest BCUT2D eigenvalue weighted by atomic mass is 16.2. The molecule has 1 saturated carbocycles. The Morgan fingerprint density at radius 1 is 0.862 bits per heavy atom. The molecule has 2 aromatic carbocycles. The topological polar surface area (TPSA) is 66.5 Å². The van der Waals surface area contributed by atoms with Gasteiger partial charge in [0.25, 0.3) is 17.7 Å². The summed E-state index contributed by atoms with van der Waals surface area (Å²) in [5.74, 6) is -1.32. The Hall–Kier alpha value is -3.21. The van der Waals surface area contributed by atoms with Gasteiger partial charge in [-0.05, 0) is 48.3 Å². The van der Waals surface area contributed by atoms with Crippen molar-refractivity contribution in [1.29, 1.82) is 0 Å². The highest BCUT2D eigenvalue weighted by molar-refractivity contribution is 6.09. The number of nitrogens with one attached hydrogen (secondary N) is 1. The molecule has 0 spiro atoms. The lowest BCUT2D eigenvalue weighted by atomic mass is 9.85. The minimum Gasteiger partial charge on any atom is -0.272 e. The zero-order chi connectivity index (χ0) is 20.0.